The first-order valence-corrected chi connectivity index (χ1v) is 10.2. The molecule has 2 amide bonds. The van der Waals surface area contributed by atoms with Crippen LogP contribution in [0.5, 0.6) is 5.88 Å². The Kier molecular flexibility index (Phi) is 5.92. The number of hydrogen-bond acceptors (Lipinski definition) is 5. The predicted octanol–water partition coefficient (Wildman–Crippen LogP) is 3.60. The number of para-hydroxylation sites is 1. The van der Waals surface area contributed by atoms with Gasteiger partial charge in [0.25, 0.3) is 0 Å². The fourth-order valence-electron chi connectivity index (χ4n) is 3.62. The molecule has 0 unspecified atom stereocenters. The molecule has 0 spiro atoms. The van der Waals surface area contributed by atoms with E-state index in [1.165, 1.54) is 6.33 Å². The Bertz CT molecular complexity index is 996. The molecule has 1 aliphatic rings. The number of aryl methyl sites for hydroxylation is 2. The smallest absolute Gasteiger partial charge is 0.321 e. The number of nitrogens with one attached hydrogen (secondary N) is 1. The standard InChI is InChI=1S/C22H26N6O2/c1-16-12-17(2)28(26-16)20-13-21(24-15-23-20)30-14-18-8-10-27(11-9-18)22(29)25-19-6-4-3-5-7-19/h3-7,12-13,15,18H,8-11,14H2,1-2H3,(H,25,29). The summed E-state index contributed by atoms with van der Waals surface area (Å²) in [6.45, 7) is 5.95. The average Bonchev–Trinajstić information content (AvgIpc) is 3.11. The Morgan fingerprint density at radius 3 is 2.60 bits per heavy atom. The third kappa shape index (κ3) is 4.76. The first-order chi connectivity index (χ1) is 14.6. The lowest BCUT2D eigenvalue weighted by molar-refractivity contribution is 0.150. The molecule has 1 aliphatic heterocycles. The van der Waals surface area contributed by atoms with Gasteiger partial charge in [0.15, 0.2) is 5.82 Å². The summed E-state index contributed by atoms with van der Waals surface area (Å²) in [5.74, 6) is 1.62. The van der Waals surface area contributed by atoms with E-state index in [1.54, 1.807) is 4.68 Å². The molecule has 1 fully saturated rings. The van der Waals surface area contributed by atoms with Crippen LogP contribution >= 0.6 is 0 Å². The molecule has 1 saturated heterocycles. The van der Waals surface area contributed by atoms with E-state index in [0.717, 1.165) is 29.9 Å². The fourth-order valence-corrected chi connectivity index (χ4v) is 3.62. The van der Waals surface area contributed by atoms with Crippen LogP contribution < -0.4 is 10.1 Å². The van der Waals surface area contributed by atoms with Gasteiger partial charge in [0.05, 0.1) is 12.3 Å². The Hall–Kier alpha value is -3.42. The summed E-state index contributed by atoms with van der Waals surface area (Å²) in [5.41, 5.74) is 2.77. The van der Waals surface area contributed by atoms with Gasteiger partial charge in [0, 0.05) is 30.5 Å². The molecule has 1 N–H and O–H groups in total. The third-order valence-electron chi connectivity index (χ3n) is 5.25. The molecule has 0 bridgehead atoms. The maximum absolute atomic E-state index is 12.4. The lowest BCUT2D eigenvalue weighted by Gasteiger charge is -2.31. The second kappa shape index (κ2) is 8.94. The highest BCUT2D eigenvalue weighted by Crippen LogP contribution is 2.20. The van der Waals surface area contributed by atoms with E-state index in [4.69, 9.17) is 4.74 Å². The van der Waals surface area contributed by atoms with E-state index in [1.807, 2.05) is 61.2 Å². The van der Waals surface area contributed by atoms with E-state index < -0.39 is 0 Å². The van der Waals surface area contributed by atoms with Crippen molar-refractivity contribution in [2.75, 3.05) is 25.0 Å². The molecular formula is C22H26N6O2. The van der Waals surface area contributed by atoms with Gasteiger partial charge in [0.1, 0.15) is 6.33 Å². The van der Waals surface area contributed by atoms with Gasteiger partial charge < -0.3 is 15.0 Å². The minimum absolute atomic E-state index is 0.0501. The van der Waals surface area contributed by atoms with E-state index in [-0.39, 0.29) is 6.03 Å². The van der Waals surface area contributed by atoms with Crippen molar-refractivity contribution in [1.29, 1.82) is 0 Å². The predicted molar refractivity (Wildman–Crippen MR) is 114 cm³/mol. The Morgan fingerprint density at radius 1 is 1.13 bits per heavy atom. The van der Waals surface area contributed by atoms with Crippen molar-refractivity contribution < 1.29 is 9.53 Å². The quantitative estimate of drug-likeness (QED) is 0.700. The van der Waals surface area contributed by atoms with Crippen LogP contribution in [0.1, 0.15) is 24.2 Å². The van der Waals surface area contributed by atoms with Crippen LogP contribution in [-0.4, -0.2) is 50.4 Å². The van der Waals surface area contributed by atoms with Crippen LogP contribution in [-0.2, 0) is 0 Å². The first kappa shape index (κ1) is 19.9. The fraction of sp³-hybridized carbons (Fsp3) is 0.364. The Morgan fingerprint density at radius 2 is 1.90 bits per heavy atom. The van der Waals surface area contributed by atoms with Gasteiger partial charge in [-0.1, -0.05) is 18.2 Å². The van der Waals surface area contributed by atoms with Gasteiger partial charge in [-0.25, -0.2) is 19.4 Å². The molecule has 0 radical (unpaired) electrons. The maximum Gasteiger partial charge on any atom is 0.321 e. The van der Waals surface area contributed by atoms with Crippen LogP contribution in [0.2, 0.25) is 0 Å². The van der Waals surface area contributed by atoms with Gasteiger partial charge in [0.2, 0.25) is 5.88 Å². The molecule has 3 aromatic rings. The van der Waals surface area contributed by atoms with Crippen LogP contribution in [0.25, 0.3) is 5.82 Å². The number of benzene rings is 1. The topological polar surface area (TPSA) is 85.2 Å². The average molecular weight is 406 g/mol. The number of carbonyl (C=O) groups excluding carboxylic acids is 1. The van der Waals surface area contributed by atoms with Gasteiger partial charge in [-0.15, -0.1) is 0 Å². The van der Waals surface area contributed by atoms with Crippen LogP contribution in [0, 0.1) is 19.8 Å². The van der Waals surface area contributed by atoms with Gasteiger partial charge in [-0.05, 0) is 50.8 Å². The molecule has 8 nitrogen and oxygen atoms in total. The lowest BCUT2D eigenvalue weighted by atomic mass is 9.98. The molecular weight excluding hydrogens is 380 g/mol. The first-order valence-electron chi connectivity index (χ1n) is 10.2. The van der Waals surface area contributed by atoms with Crippen molar-refractivity contribution in [2.24, 2.45) is 5.92 Å². The number of likely N-dealkylation sites (tertiary alicyclic amines) is 1. The summed E-state index contributed by atoms with van der Waals surface area (Å²) in [6.07, 6.45) is 3.30. The van der Waals surface area contributed by atoms with Gasteiger partial charge in [-0.2, -0.15) is 5.10 Å². The molecule has 2 aromatic heterocycles. The number of piperidine rings is 1. The number of carbonyl (C=O) groups is 1. The van der Waals surface area contributed by atoms with Crippen LogP contribution in [0.15, 0.2) is 48.8 Å². The molecule has 30 heavy (non-hydrogen) atoms. The second-order valence-electron chi connectivity index (χ2n) is 7.59. The van der Waals surface area contributed by atoms with Crippen molar-refractivity contribution in [3.63, 3.8) is 0 Å². The number of ether oxygens (including phenoxy) is 1. The second-order valence-corrected chi connectivity index (χ2v) is 7.59. The van der Waals surface area contributed by atoms with Crippen molar-refractivity contribution in [2.45, 2.75) is 26.7 Å². The van der Waals surface area contributed by atoms with E-state index >= 15 is 0 Å². The normalized spacial score (nSPS) is 14.5. The molecule has 0 atom stereocenters. The number of hydrogen-bond donors (Lipinski definition) is 1. The Balaban J connectivity index is 1.27. The number of aromatic nitrogens is 4. The van der Waals surface area contributed by atoms with Crippen LogP contribution in [0.4, 0.5) is 10.5 Å². The number of amides is 2. The molecule has 0 aliphatic carbocycles. The largest absolute Gasteiger partial charge is 0.477 e. The highest BCUT2D eigenvalue weighted by molar-refractivity contribution is 5.89. The third-order valence-corrected chi connectivity index (χ3v) is 5.25. The monoisotopic (exact) mass is 406 g/mol. The van der Waals surface area contributed by atoms with Gasteiger partial charge in [-0.3, -0.25) is 0 Å². The highest BCUT2D eigenvalue weighted by Gasteiger charge is 2.23. The minimum atomic E-state index is -0.0501. The van der Waals surface area contributed by atoms with E-state index in [2.05, 4.69) is 20.4 Å². The summed E-state index contributed by atoms with van der Waals surface area (Å²) >= 11 is 0. The minimum Gasteiger partial charge on any atom is -0.477 e. The van der Waals surface area contributed by atoms with Crippen molar-refractivity contribution in [3.05, 3.63) is 60.2 Å². The van der Waals surface area contributed by atoms with Crippen molar-refractivity contribution in [1.82, 2.24) is 24.6 Å². The Labute approximate surface area is 175 Å². The van der Waals surface area contributed by atoms with Crippen molar-refractivity contribution in [3.8, 4) is 11.7 Å². The zero-order valence-corrected chi connectivity index (χ0v) is 17.3. The summed E-state index contributed by atoms with van der Waals surface area (Å²) in [6, 6.07) is 13.3. The number of nitrogens with zero attached hydrogens (tertiary/aromatic N) is 5. The summed E-state index contributed by atoms with van der Waals surface area (Å²) in [4.78, 5) is 22.8. The van der Waals surface area contributed by atoms with Crippen LogP contribution in [0.3, 0.4) is 0 Å². The van der Waals surface area contributed by atoms with Crippen molar-refractivity contribution >= 4 is 11.7 Å². The molecule has 3 heterocycles. The number of rotatable bonds is 5. The molecule has 4 rings (SSSR count). The summed E-state index contributed by atoms with van der Waals surface area (Å²) < 4.78 is 7.72. The van der Waals surface area contributed by atoms with E-state index in [0.29, 0.717) is 37.3 Å². The molecule has 8 heteroatoms. The SMILES string of the molecule is Cc1cc(C)n(-c2cc(OCC3CCN(C(=O)Nc4ccccc4)CC3)ncn2)n1. The zero-order chi connectivity index (χ0) is 20.9. The maximum atomic E-state index is 12.4. The lowest BCUT2D eigenvalue weighted by Crippen LogP contribution is -2.42. The molecule has 1 aromatic carbocycles. The summed E-state index contributed by atoms with van der Waals surface area (Å²) in [5, 5.41) is 7.40. The number of anilines is 1. The number of urea groups is 1. The highest BCUT2D eigenvalue weighted by atomic mass is 16.5. The molecule has 156 valence electrons. The molecule has 0 saturated carbocycles. The van der Waals surface area contributed by atoms with E-state index in [9.17, 15) is 4.79 Å². The zero-order valence-electron chi connectivity index (χ0n) is 17.3. The summed E-state index contributed by atoms with van der Waals surface area (Å²) in [7, 11) is 0. The van der Waals surface area contributed by atoms with Gasteiger partial charge >= 0.3 is 6.03 Å².